The van der Waals surface area contributed by atoms with Gasteiger partial charge in [0.15, 0.2) is 5.69 Å². The van der Waals surface area contributed by atoms with Crippen LogP contribution in [0.1, 0.15) is 30.0 Å². The summed E-state index contributed by atoms with van der Waals surface area (Å²) < 4.78 is 2.34. The van der Waals surface area contributed by atoms with Crippen molar-refractivity contribution >= 4 is 52.3 Å². The summed E-state index contributed by atoms with van der Waals surface area (Å²) in [6, 6.07) is 6.87. The highest BCUT2D eigenvalue weighted by Gasteiger charge is 2.21. The Bertz CT molecular complexity index is 983. The number of thioether (sulfide) groups is 1. The molecule has 26 heavy (non-hydrogen) atoms. The highest BCUT2D eigenvalue weighted by atomic mass is 35.5. The topological polar surface area (TPSA) is 68.0 Å². The van der Waals surface area contributed by atoms with Gasteiger partial charge in [0.25, 0.3) is 0 Å². The van der Waals surface area contributed by atoms with E-state index >= 15 is 0 Å². The molecule has 0 saturated carbocycles. The van der Waals surface area contributed by atoms with Crippen molar-refractivity contribution in [2.75, 3.05) is 0 Å². The zero-order chi connectivity index (χ0) is 19.0. The first kappa shape index (κ1) is 19.2. The number of halogens is 2. The van der Waals surface area contributed by atoms with Gasteiger partial charge in [-0.25, -0.2) is 9.78 Å². The van der Waals surface area contributed by atoms with Crippen LogP contribution >= 0.6 is 46.3 Å². The maximum Gasteiger partial charge on any atom is 0.354 e. The van der Waals surface area contributed by atoms with E-state index < -0.39 is 5.97 Å². The number of carboxylic acids is 1. The maximum atomic E-state index is 11.5. The molecule has 0 saturated heterocycles. The molecule has 3 aromatic rings. The number of carbonyl (C=O) groups is 1. The first-order chi connectivity index (χ1) is 12.3. The summed E-state index contributed by atoms with van der Waals surface area (Å²) >= 11 is 15.2. The second-order valence-electron chi connectivity index (χ2n) is 5.82. The number of thiazole rings is 1. The monoisotopic (exact) mass is 427 g/mol. The van der Waals surface area contributed by atoms with Gasteiger partial charge in [0.1, 0.15) is 0 Å². The molecule has 5 nitrogen and oxygen atoms in total. The highest BCUT2D eigenvalue weighted by Crippen LogP contribution is 2.41. The minimum Gasteiger partial charge on any atom is -0.477 e. The first-order valence-corrected chi connectivity index (χ1v) is 10.1. The summed E-state index contributed by atoms with van der Waals surface area (Å²) in [6.07, 6.45) is 0. The Morgan fingerprint density at radius 1 is 1.27 bits per heavy atom. The van der Waals surface area contributed by atoms with Crippen LogP contribution in [0, 0.1) is 6.92 Å². The van der Waals surface area contributed by atoms with E-state index in [4.69, 9.17) is 23.2 Å². The van der Waals surface area contributed by atoms with Crippen molar-refractivity contribution in [3.8, 4) is 16.4 Å². The molecule has 0 aliphatic heterocycles. The van der Waals surface area contributed by atoms with Gasteiger partial charge in [-0.1, -0.05) is 54.5 Å². The second-order valence-corrected chi connectivity index (χ2v) is 9.45. The quantitative estimate of drug-likeness (QED) is 0.520. The molecule has 0 bridgehead atoms. The van der Waals surface area contributed by atoms with Crippen molar-refractivity contribution in [1.82, 2.24) is 14.8 Å². The van der Waals surface area contributed by atoms with Crippen molar-refractivity contribution in [2.24, 2.45) is 0 Å². The maximum absolute atomic E-state index is 11.5. The molecule has 0 aliphatic rings. The molecule has 0 atom stereocenters. The van der Waals surface area contributed by atoms with E-state index in [9.17, 15) is 9.90 Å². The summed E-state index contributed by atoms with van der Waals surface area (Å²) in [5.41, 5.74) is 2.27. The van der Waals surface area contributed by atoms with Crippen LogP contribution in [-0.4, -0.2) is 31.1 Å². The number of nitrogens with zero attached hydrogens (tertiary/aromatic N) is 3. The van der Waals surface area contributed by atoms with Crippen LogP contribution in [-0.2, 0) is 0 Å². The molecule has 136 valence electrons. The Hall–Kier alpha value is -1.54. The average molecular weight is 428 g/mol. The number of hydrogen-bond acceptors (Lipinski definition) is 5. The van der Waals surface area contributed by atoms with Gasteiger partial charge in [-0.3, -0.25) is 0 Å². The van der Waals surface area contributed by atoms with Gasteiger partial charge >= 0.3 is 5.97 Å². The molecule has 1 N–H and O–H groups in total. The number of hydrogen-bond donors (Lipinski definition) is 1. The smallest absolute Gasteiger partial charge is 0.354 e. The number of aryl methyl sites for hydroxylation is 1. The van der Waals surface area contributed by atoms with Crippen LogP contribution < -0.4 is 0 Å². The third-order valence-corrected chi connectivity index (χ3v) is 6.33. The van der Waals surface area contributed by atoms with E-state index in [0.29, 0.717) is 26.1 Å². The average Bonchev–Trinajstić information content (AvgIpc) is 3.13. The predicted molar refractivity (Wildman–Crippen MR) is 107 cm³/mol. The minimum absolute atomic E-state index is 0.0815. The van der Waals surface area contributed by atoms with Gasteiger partial charge in [0, 0.05) is 10.8 Å². The van der Waals surface area contributed by atoms with E-state index in [-0.39, 0.29) is 5.69 Å². The summed E-state index contributed by atoms with van der Waals surface area (Å²) in [5.74, 6) is -1.05. The standard InChI is InChI=1S/C17H15Cl2N3O2S2/c1-8(2)25-16-14(10-4-5-11(18)12(19)7-10)20-17(26-16)22-13(15(23)24)6-9(3)21-22/h4-8H,1-3H3,(H,23,24). The van der Waals surface area contributed by atoms with Crippen LogP contribution in [0.5, 0.6) is 0 Å². The van der Waals surface area contributed by atoms with Crippen molar-refractivity contribution < 1.29 is 9.90 Å². The third kappa shape index (κ3) is 3.91. The molecule has 1 aromatic carbocycles. The van der Waals surface area contributed by atoms with E-state index in [1.54, 1.807) is 30.8 Å². The van der Waals surface area contributed by atoms with E-state index in [2.05, 4.69) is 23.9 Å². The fourth-order valence-corrected chi connectivity index (χ4v) is 5.09. The van der Waals surface area contributed by atoms with Gasteiger partial charge in [0.05, 0.1) is 25.6 Å². The summed E-state index contributed by atoms with van der Waals surface area (Å²) in [4.78, 5) is 16.2. The van der Waals surface area contributed by atoms with Crippen LogP contribution in [0.15, 0.2) is 28.5 Å². The Labute approximate surface area is 169 Å². The number of aromatic carboxylic acids is 1. The Morgan fingerprint density at radius 2 is 2.00 bits per heavy atom. The molecule has 0 aliphatic carbocycles. The van der Waals surface area contributed by atoms with Gasteiger partial charge in [0.2, 0.25) is 5.13 Å². The van der Waals surface area contributed by atoms with Crippen LogP contribution in [0.3, 0.4) is 0 Å². The van der Waals surface area contributed by atoms with E-state index in [0.717, 1.165) is 15.5 Å². The number of benzene rings is 1. The molecule has 0 amide bonds. The Morgan fingerprint density at radius 3 is 2.62 bits per heavy atom. The minimum atomic E-state index is -1.05. The second kappa shape index (κ2) is 7.60. The van der Waals surface area contributed by atoms with Crippen LogP contribution in [0.4, 0.5) is 0 Å². The highest BCUT2D eigenvalue weighted by molar-refractivity contribution is 8.01. The van der Waals surface area contributed by atoms with E-state index in [1.807, 2.05) is 6.07 Å². The van der Waals surface area contributed by atoms with Crippen molar-refractivity contribution in [3.63, 3.8) is 0 Å². The fraction of sp³-hybridized carbons (Fsp3) is 0.235. The normalized spacial score (nSPS) is 11.3. The lowest BCUT2D eigenvalue weighted by molar-refractivity contribution is 0.0687. The molecule has 0 spiro atoms. The van der Waals surface area contributed by atoms with E-state index in [1.165, 1.54) is 22.1 Å². The number of carboxylic acid groups (broad SMARTS) is 1. The molecule has 0 fully saturated rings. The van der Waals surface area contributed by atoms with Gasteiger partial charge < -0.3 is 5.11 Å². The summed E-state index contributed by atoms with van der Waals surface area (Å²) in [6.45, 7) is 5.92. The van der Waals surface area contributed by atoms with Crippen molar-refractivity contribution in [2.45, 2.75) is 30.2 Å². The fourth-order valence-electron chi connectivity index (χ4n) is 2.30. The summed E-state index contributed by atoms with van der Waals surface area (Å²) in [7, 11) is 0. The molecule has 0 radical (unpaired) electrons. The number of rotatable bonds is 5. The van der Waals surface area contributed by atoms with Crippen molar-refractivity contribution in [1.29, 1.82) is 0 Å². The SMILES string of the molecule is Cc1cc(C(=O)O)n(-c2nc(-c3ccc(Cl)c(Cl)c3)c(SC(C)C)s2)n1. The molecule has 2 heterocycles. The van der Waals surface area contributed by atoms with Gasteiger partial charge in [-0.2, -0.15) is 9.78 Å². The number of aromatic nitrogens is 3. The van der Waals surface area contributed by atoms with Gasteiger partial charge in [-0.15, -0.1) is 11.8 Å². The van der Waals surface area contributed by atoms with Crippen molar-refractivity contribution in [3.05, 3.63) is 45.7 Å². The summed E-state index contributed by atoms with van der Waals surface area (Å²) in [5, 5.41) is 15.5. The molecular weight excluding hydrogens is 413 g/mol. The third-order valence-electron chi connectivity index (χ3n) is 3.35. The Kier molecular flexibility index (Phi) is 5.62. The molecule has 0 unspecified atom stereocenters. The van der Waals surface area contributed by atoms with Crippen LogP contribution in [0.2, 0.25) is 10.0 Å². The van der Waals surface area contributed by atoms with Crippen LogP contribution in [0.25, 0.3) is 16.4 Å². The zero-order valence-corrected chi connectivity index (χ0v) is 17.3. The lowest BCUT2D eigenvalue weighted by Gasteiger charge is -2.05. The molecule has 9 heteroatoms. The molecule has 2 aromatic heterocycles. The first-order valence-electron chi connectivity index (χ1n) is 7.69. The predicted octanol–water partition coefficient (Wildman–Crippen LogP) is 5.81. The molecule has 3 rings (SSSR count). The lowest BCUT2D eigenvalue weighted by atomic mass is 10.2. The zero-order valence-electron chi connectivity index (χ0n) is 14.2. The Balaban J connectivity index is 2.16. The largest absolute Gasteiger partial charge is 0.477 e. The lowest BCUT2D eigenvalue weighted by Crippen LogP contribution is -2.07. The van der Waals surface area contributed by atoms with Gasteiger partial charge in [-0.05, 0) is 25.1 Å². The molecular formula is C17H15Cl2N3O2S2.